The second-order valence-electron chi connectivity index (χ2n) is 5.88. The van der Waals surface area contributed by atoms with Crippen LogP contribution in [0.1, 0.15) is 29.3 Å². The third-order valence-corrected chi connectivity index (χ3v) is 4.03. The van der Waals surface area contributed by atoms with Crippen molar-refractivity contribution in [2.45, 2.75) is 19.3 Å². The van der Waals surface area contributed by atoms with Crippen LogP contribution in [0.3, 0.4) is 0 Å². The van der Waals surface area contributed by atoms with Gasteiger partial charge in [-0.15, -0.1) is 0 Å². The molecular weight excluding hydrogens is 340 g/mol. The number of hydrogen-bond acceptors (Lipinski definition) is 6. The Morgan fingerprint density at radius 2 is 2.12 bits per heavy atom. The summed E-state index contributed by atoms with van der Waals surface area (Å²) in [6, 6.07) is 4.99. The number of nitrogens with zero attached hydrogens (tertiary/aromatic N) is 1. The number of nitrogens with one attached hydrogen (secondary N) is 2. The van der Waals surface area contributed by atoms with Crippen LogP contribution in [0.15, 0.2) is 23.0 Å². The lowest BCUT2D eigenvalue weighted by molar-refractivity contribution is -0.120. The van der Waals surface area contributed by atoms with Crippen molar-refractivity contribution in [3.05, 3.63) is 45.5 Å². The van der Waals surface area contributed by atoms with E-state index < -0.39 is 11.8 Å². The van der Waals surface area contributed by atoms with E-state index in [-0.39, 0.29) is 30.3 Å². The van der Waals surface area contributed by atoms with Crippen LogP contribution >= 0.6 is 0 Å². The summed E-state index contributed by atoms with van der Waals surface area (Å²) in [4.78, 5) is 42.2. The Hall–Kier alpha value is -3.36. The molecule has 0 radical (unpaired) electrons. The number of hydrogen-bond donors (Lipinski definition) is 3. The van der Waals surface area contributed by atoms with E-state index in [9.17, 15) is 14.4 Å². The molecule has 0 aliphatic carbocycles. The summed E-state index contributed by atoms with van der Waals surface area (Å²) in [6.45, 7) is 1.36. The Labute approximate surface area is 148 Å². The molecule has 136 valence electrons. The van der Waals surface area contributed by atoms with Crippen molar-refractivity contribution in [1.29, 1.82) is 0 Å². The number of H-pyrrole nitrogens is 1. The van der Waals surface area contributed by atoms with Gasteiger partial charge in [-0.25, -0.2) is 4.98 Å². The van der Waals surface area contributed by atoms with Crippen LogP contribution in [0, 0.1) is 6.92 Å². The van der Waals surface area contributed by atoms with E-state index in [1.54, 1.807) is 25.1 Å². The highest BCUT2D eigenvalue weighted by Crippen LogP contribution is 2.37. The van der Waals surface area contributed by atoms with Crippen molar-refractivity contribution in [2.75, 3.05) is 19.0 Å². The van der Waals surface area contributed by atoms with E-state index in [0.29, 0.717) is 28.5 Å². The number of anilines is 1. The first-order chi connectivity index (χ1) is 12.4. The minimum atomic E-state index is -0.609. The second-order valence-corrected chi connectivity index (χ2v) is 5.88. The summed E-state index contributed by atoms with van der Waals surface area (Å²) in [5, 5.41) is 2.64. The first kappa shape index (κ1) is 17.5. The lowest BCUT2D eigenvalue weighted by Crippen LogP contribution is -2.31. The number of aromatic nitrogens is 2. The van der Waals surface area contributed by atoms with Gasteiger partial charge in [0.1, 0.15) is 11.6 Å². The number of fused-ring (bicyclic) bond motifs is 1. The smallest absolute Gasteiger partial charge is 0.256 e. The Morgan fingerprint density at radius 1 is 1.35 bits per heavy atom. The largest absolute Gasteiger partial charge is 0.493 e. The zero-order valence-electron chi connectivity index (χ0n) is 14.3. The molecule has 0 spiro atoms. The van der Waals surface area contributed by atoms with E-state index in [0.717, 1.165) is 0 Å². The highest BCUT2D eigenvalue weighted by atomic mass is 16.5. The third kappa shape index (κ3) is 3.37. The monoisotopic (exact) mass is 358 g/mol. The van der Waals surface area contributed by atoms with Gasteiger partial charge in [0.05, 0.1) is 12.7 Å². The molecule has 1 atom stereocenters. The summed E-state index contributed by atoms with van der Waals surface area (Å²) in [5.74, 6) is 0.0759. The van der Waals surface area contributed by atoms with Crippen molar-refractivity contribution in [1.82, 2.24) is 9.97 Å². The highest BCUT2D eigenvalue weighted by molar-refractivity contribution is 5.94. The predicted molar refractivity (Wildman–Crippen MR) is 92.4 cm³/mol. The molecule has 0 saturated carbocycles. The average Bonchev–Trinajstić information content (AvgIpc) is 2.58. The van der Waals surface area contributed by atoms with Crippen LogP contribution in [0.2, 0.25) is 0 Å². The Morgan fingerprint density at radius 3 is 2.81 bits per heavy atom. The average molecular weight is 358 g/mol. The molecule has 9 heteroatoms. The highest BCUT2D eigenvalue weighted by Gasteiger charge is 2.31. The number of carbonyl (C=O) groups excluding carboxylic acids is 2. The van der Waals surface area contributed by atoms with Crippen molar-refractivity contribution < 1.29 is 19.1 Å². The summed E-state index contributed by atoms with van der Waals surface area (Å²) >= 11 is 0. The molecule has 2 amide bonds. The summed E-state index contributed by atoms with van der Waals surface area (Å²) in [7, 11) is 1.45. The number of amides is 2. The van der Waals surface area contributed by atoms with Crippen LogP contribution in [0.25, 0.3) is 0 Å². The summed E-state index contributed by atoms with van der Waals surface area (Å²) in [6.07, 6.45) is 0.103. The molecule has 1 aliphatic heterocycles. The van der Waals surface area contributed by atoms with Gasteiger partial charge in [0.2, 0.25) is 5.91 Å². The van der Waals surface area contributed by atoms with Crippen molar-refractivity contribution in [3.8, 4) is 11.5 Å². The first-order valence-electron chi connectivity index (χ1n) is 7.88. The van der Waals surface area contributed by atoms with E-state index in [4.69, 9.17) is 15.2 Å². The normalized spacial score (nSPS) is 15.8. The number of primary amides is 1. The van der Waals surface area contributed by atoms with E-state index in [1.165, 1.54) is 7.11 Å². The number of aryl methyl sites for hydroxylation is 1. The quantitative estimate of drug-likeness (QED) is 0.709. The van der Waals surface area contributed by atoms with Crippen molar-refractivity contribution >= 4 is 17.6 Å². The Kier molecular flexibility index (Phi) is 4.61. The molecule has 1 aromatic heterocycles. The van der Waals surface area contributed by atoms with Crippen LogP contribution in [-0.4, -0.2) is 35.5 Å². The molecule has 3 rings (SSSR count). The van der Waals surface area contributed by atoms with Crippen LogP contribution in [0.5, 0.6) is 11.5 Å². The molecular formula is C17H18N4O5. The molecule has 0 fully saturated rings. The van der Waals surface area contributed by atoms with E-state index in [2.05, 4.69) is 15.3 Å². The number of nitrogens with two attached hydrogens (primary N) is 1. The fraction of sp³-hybridized carbons (Fsp3) is 0.294. The summed E-state index contributed by atoms with van der Waals surface area (Å²) < 4.78 is 10.6. The predicted octanol–water partition coefficient (Wildman–Crippen LogP) is 0.425. The summed E-state index contributed by atoms with van der Waals surface area (Å²) in [5.41, 5.74) is 5.87. The van der Waals surface area contributed by atoms with Gasteiger partial charge in [-0.1, -0.05) is 6.07 Å². The zero-order chi connectivity index (χ0) is 18.8. The molecule has 1 aliphatic rings. The molecule has 0 bridgehead atoms. The van der Waals surface area contributed by atoms with Gasteiger partial charge in [0.25, 0.3) is 11.5 Å². The maximum Gasteiger partial charge on any atom is 0.256 e. The maximum atomic E-state index is 12.4. The molecule has 0 unspecified atom stereocenters. The fourth-order valence-corrected chi connectivity index (χ4v) is 2.94. The molecule has 9 nitrogen and oxygen atoms in total. The second kappa shape index (κ2) is 6.87. The van der Waals surface area contributed by atoms with Gasteiger partial charge in [-0.3, -0.25) is 14.4 Å². The Balaban J connectivity index is 2.03. The van der Waals surface area contributed by atoms with Gasteiger partial charge < -0.3 is 25.5 Å². The number of carbonyl (C=O) groups is 2. The van der Waals surface area contributed by atoms with E-state index >= 15 is 0 Å². The molecule has 4 N–H and O–H groups in total. The van der Waals surface area contributed by atoms with Crippen LogP contribution < -0.4 is 26.1 Å². The minimum absolute atomic E-state index is 0.103. The number of ether oxygens (including phenoxy) is 2. The molecule has 1 aromatic carbocycles. The van der Waals surface area contributed by atoms with Crippen molar-refractivity contribution in [3.63, 3.8) is 0 Å². The van der Waals surface area contributed by atoms with Crippen LogP contribution in [-0.2, 0) is 9.59 Å². The lowest BCUT2D eigenvalue weighted by atomic mass is 9.86. The van der Waals surface area contributed by atoms with Gasteiger partial charge in [-0.05, 0) is 24.6 Å². The standard InChI is InChI=1S/C17H18N4O5/c1-8-19-16-15(17(24)20-8)10(6-14(23)21-16)9-3-4-11(12(5-9)25-2)26-7-13(18)22/h3-5,10H,6-7H2,1-2H3,(H2,18,22)(H2,19,20,21,23,24)/t10-/m1/s1. The van der Waals surface area contributed by atoms with Crippen LogP contribution in [0.4, 0.5) is 5.82 Å². The molecule has 0 saturated heterocycles. The SMILES string of the molecule is COc1cc([C@H]2CC(=O)Nc3nc(C)[nH]c(=O)c32)ccc1OCC(N)=O. The zero-order valence-corrected chi connectivity index (χ0v) is 14.3. The number of rotatable bonds is 5. The topological polar surface area (TPSA) is 136 Å². The fourth-order valence-electron chi connectivity index (χ4n) is 2.94. The van der Waals surface area contributed by atoms with Gasteiger partial charge in [-0.2, -0.15) is 0 Å². The Bertz CT molecular complexity index is 937. The lowest BCUT2D eigenvalue weighted by Gasteiger charge is -2.25. The van der Waals surface area contributed by atoms with Crippen molar-refractivity contribution in [2.24, 2.45) is 5.73 Å². The van der Waals surface area contributed by atoms with Gasteiger partial charge in [0, 0.05) is 12.3 Å². The minimum Gasteiger partial charge on any atom is -0.493 e. The first-order valence-corrected chi connectivity index (χ1v) is 7.88. The third-order valence-electron chi connectivity index (χ3n) is 4.03. The maximum absolute atomic E-state index is 12.4. The molecule has 2 aromatic rings. The molecule has 2 heterocycles. The molecule has 26 heavy (non-hydrogen) atoms. The van der Waals surface area contributed by atoms with E-state index in [1.807, 2.05) is 0 Å². The van der Waals surface area contributed by atoms with Gasteiger partial charge >= 0.3 is 0 Å². The number of aromatic amines is 1. The number of methoxy groups -OCH3 is 1. The number of benzene rings is 1. The van der Waals surface area contributed by atoms with Gasteiger partial charge in [0.15, 0.2) is 18.1 Å².